The lowest BCUT2D eigenvalue weighted by atomic mass is 10.2. The predicted molar refractivity (Wildman–Crippen MR) is 287 cm³/mol. The molecule has 1 atom stereocenters. The van der Waals surface area contributed by atoms with Crippen LogP contribution < -0.4 is 0 Å². The molecule has 5 heteroatoms. The highest BCUT2D eigenvalue weighted by Crippen LogP contribution is 2.05. The molecule has 0 amide bonds. The monoisotopic (exact) mass is 901 g/mol. The molecule has 0 fully saturated rings. The Bertz CT molecular complexity index is 1630. The second-order valence-electron chi connectivity index (χ2n) is 15.2. The minimum Gasteiger partial charge on any atom is -0.462 e. The van der Waals surface area contributed by atoms with Gasteiger partial charge in [-0.05, 0) is 116 Å². The Morgan fingerprint density at radius 1 is 0.333 bits per heavy atom. The Labute approximate surface area is 403 Å². The molecule has 0 heterocycles. The first-order valence-corrected chi connectivity index (χ1v) is 25.0. The van der Waals surface area contributed by atoms with Crippen molar-refractivity contribution >= 4 is 11.9 Å². The van der Waals surface area contributed by atoms with E-state index >= 15 is 0 Å². The van der Waals surface area contributed by atoms with E-state index in [2.05, 4.69) is 197 Å². The van der Waals surface area contributed by atoms with E-state index in [0.717, 1.165) is 109 Å². The van der Waals surface area contributed by atoms with E-state index in [1.807, 2.05) is 18.2 Å². The van der Waals surface area contributed by atoms with Crippen molar-refractivity contribution in [3.8, 4) is 0 Å². The molecular formula is C61H88O5. The Kier molecular flexibility index (Phi) is 49.8. The Balaban J connectivity index is 4.67. The number of carbonyl (C=O) groups excluding carboxylic acids is 2. The van der Waals surface area contributed by atoms with E-state index < -0.39 is 6.10 Å². The zero-order valence-corrected chi connectivity index (χ0v) is 41.4. The SMILES string of the molecule is CC/C=C\C/C=C\C/C=C\C/C=C\C/C=C\C/C=C\CCC(=O)OCC(COCC/C=C\C/C=C\C/C=C\C/C=C\C/C=C\CC)OC(=O)C/C=C\C/C=C\C/C=C\C/C=C\C/C=C\CC. The van der Waals surface area contributed by atoms with Crippen LogP contribution in [0.4, 0.5) is 0 Å². The van der Waals surface area contributed by atoms with Gasteiger partial charge in [0.05, 0.1) is 19.6 Å². The molecule has 5 nitrogen and oxygen atoms in total. The second kappa shape index (κ2) is 54.1. The van der Waals surface area contributed by atoms with E-state index in [1.54, 1.807) is 0 Å². The van der Waals surface area contributed by atoms with Crippen LogP contribution in [0, 0.1) is 0 Å². The maximum atomic E-state index is 12.7. The number of esters is 2. The third kappa shape index (κ3) is 51.4. The smallest absolute Gasteiger partial charge is 0.310 e. The molecule has 0 aromatic heterocycles. The average molecular weight is 901 g/mol. The Hall–Kier alpha value is -5.26. The maximum absolute atomic E-state index is 12.7. The molecule has 0 saturated carbocycles. The van der Waals surface area contributed by atoms with Gasteiger partial charge in [-0.15, -0.1) is 0 Å². The minimum absolute atomic E-state index is 0.0400. The summed E-state index contributed by atoms with van der Waals surface area (Å²) < 4.78 is 17.1. The molecule has 0 bridgehead atoms. The van der Waals surface area contributed by atoms with Gasteiger partial charge in [0.15, 0.2) is 6.10 Å². The molecule has 0 saturated heterocycles. The lowest BCUT2D eigenvalue weighted by Gasteiger charge is -2.17. The van der Waals surface area contributed by atoms with Gasteiger partial charge in [-0.3, -0.25) is 9.59 Å². The van der Waals surface area contributed by atoms with Crippen LogP contribution >= 0.6 is 0 Å². The van der Waals surface area contributed by atoms with Crippen LogP contribution in [0.25, 0.3) is 0 Å². The van der Waals surface area contributed by atoms with Crippen LogP contribution in [0.5, 0.6) is 0 Å². The molecule has 66 heavy (non-hydrogen) atoms. The van der Waals surface area contributed by atoms with Gasteiger partial charge in [0.1, 0.15) is 6.61 Å². The highest BCUT2D eigenvalue weighted by Gasteiger charge is 2.17. The van der Waals surface area contributed by atoms with Gasteiger partial charge in [-0.2, -0.15) is 0 Å². The van der Waals surface area contributed by atoms with Crippen LogP contribution in [-0.4, -0.2) is 37.9 Å². The van der Waals surface area contributed by atoms with Crippen molar-refractivity contribution in [2.75, 3.05) is 19.8 Å². The Morgan fingerprint density at radius 2 is 0.621 bits per heavy atom. The molecule has 0 aromatic rings. The third-order valence-corrected chi connectivity index (χ3v) is 9.17. The van der Waals surface area contributed by atoms with Crippen LogP contribution in [-0.2, 0) is 23.8 Å². The van der Waals surface area contributed by atoms with Crippen molar-refractivity contribution in [3.05, 3.63) is 194 Å². The fraction of sp³-hybridized carbons (Fsp3) is 0.443. The minimum atomic E-state index is -0.677. The van der Waals surface area contributed by atoms with E-state index in [4.69, 9.17) is 14.2 Å². The molecule has 0 aliphatic rings. The van der Waals surface area contributed by atoms with Gasteiger partial charge in [0.25, 0.3) is 0 Å². The molecule has 0 aromatic carbocycles. The first-order valence-electron chi connectivity index (χ1n) is 25.0. The first-order chi connectivity index (χ1) is 32.6. The average Bonchev–Trinajstić information content (AvgIpc) is 3.32. The zero-order valence-electron chi connectivity index (χ0n) is 41.4. The van der Waals surface area contributed by atoms with Gasteiger partial charge in [0.2, 0.25) is 0 Å². The van der Waals surface area contributed by atoms with Crippen LogP contribution in [0.1, 0.15) is 149 Å². The summed E-state index contributed by atoms with van der Waals surface area (Å²) in [6.45, 7) is 7.03. The van der Waals surface area contributed by atoms with Crippen molar-refractivity contribution < 1.29 is 23.8 Å². The summed E-state index contributed by atoms with van der Waals surface area (Å²) >= 11 is 0. The standard InChI is InChI=1S/C61H88O5/c1-4-7-10-13-16-19-22-25-28-30-31-32-34-36-39-42-45-48-51-54-60(62)65-58-59(57-64-56-53-50-47-44-41-38-35-29-26-23-20-17-14-11-8-5-2)66-61(63)55-52-49-46-43-40-37-33-27-24-21-18-15-12-9-6-3/h7-12,16-21,25-29,31-33,36,38-41,43,45,47-50,52,59H,4-6,13-15,22-24,30,34-35,37,42,44,46,51,53-58H2,1-3H3/b10-7-,11-8-,12-9-,19-16-,20-17-,21-18-,28-25-,29-26-,32-31-,33-27-,39-36-,41-38-,43-40-,48-45-,50-47-,52-49-. The molecule has 0 N–H and O–H groups in total. The number of hydrogen-bond donors (Lipinski definition) is 0. The van der Waals surface area contributed by atoms with Crippen molar-refractivity contribution in [3.63, 3.8) is 0 Å². The fourth-order valence-electron chi connectivity index (χ4n) is 5.61. The summed E-state index contributed by atoms with van der Waals surface area (Å²) in [5, 5.41) is 0. The van der Waals surface area contributed by atoms with Crippen molar-refractivity contribution in [2.24, 2.45) is 0 Å². The topological polar surface area (TPSA) is 61.8 Å². The molecular weight excluding hydrogens is 813 g/mol. The number of rotatable bonds is 42. The second-order valence-corrected chi connectivity index (χ2v) is 15.2. The molecule has 0 aliphatic heterocycles. The normalized spacial score (nSPS) is 13.9. The van der Waals surface area contributed by atoms with Gasteiger partial charge in [0, 0.05) is 6.42 Å². The summed E-state index contributed by atoms with van der Waals surface area (Å²) in [4.78, 5) is 25.3. The number of ether oxygens (including phenoxy) is 3. The van der Waals surface area contributed by atoms with Crippen LogP contribution in [0.15, 0.2) is 194 Å². The lowest BCUT2D eigenvalue weighted by Crippen LogP contribution is -2.29. The summed E-state index contributed by atoms with van der Waals surface area (Å²) in [6, 6.07) is 0. The largest absolute Gasteiger partial charge is 0.462 e. The van der Waals surface area contributed by atoms with Gasteiger partial charge in [-0.25, -0.2) is 0 Å². The van der Waals surface area contributed by atoms with Gasteiger partial charge < -0.3 is 14.2 Å². The summed E-state index contributed by atoms with van der Waals surface area (Å²) in [5.74, 6) is -0.705. The van der Waals surface area contributed by atoms with Gasteiger partial charge >= 0.3 is 11.9 Å². The molecule has 0 aliphatic carbocycles. The number of carbonyl (C=O) groups is 2. The van der Waals surface area contributed by atoms with E-state index in [0.29, 0.717) is 13.0 Å². The fourth-order valence-corrected chi connectivity index (χ4v) is 5.61. The quantitative estimate of drug-likeness (QED) is 0.0347. The molecule has 0 rings (SSSR count). The molecule has 0 spiro atoms. The van der Waals surface area contributed by atoms with E-state index in [1.165, 1.54) is 0 Å². The zero-order chi connectivity index (χ0) is 47.7. The predicted octanol–water partition coefficient (Wildman–Crippen LogP) is 17.2. The Morgan fingerprint density at radius 3 is 0.955 bits per heavy atom. The lowest BCUT2D eigenvalue weighted by molar-refractivity contribution is -0.162. The van der Waals surface area contributed by atoms with Gasteiger partial charge in [-0.1, -0.05) is 215 Å². The first kappa shape index (κ1) is 60.7. The highest BCUT2D eigenvalue weighted by atomic mass is 16.6. The summed E-state index contributed by atoms with van der Waals surface area (Å²) in [6.07, 6.45) is 85.0. The van der Waals surface area contributed by atoms with Crippen LogP contribution in [0.3, 0.4) is 0 Å². The molecule has 362 valence electrons. The summed E-state index contributed by atoms with van der Waals surface area (Å²) in [5.41, 5.74) is 0. The number of hydrogen-bond acceptors (Lipinski definition) is 5. The molecule has 0 radical (unpaired) electrons. The van der Waals surface area contributed by atoms with E-state index in [9.17, 15) is 9.59 Å². The number of allylic oxidation sites excluding steroid dienone is 30. The van der Waals surface area contributed by atoms with Crippen LogP contribution in [0.2, 0.25) is 0 Å². The van der Waals surface area contributed by atoms with Crippen molar-refractivity contribution in [2.45, 2.75) is 155 Å². The van der Waals surface area contributed by atoms with Crippen molar-refractivity contribution in [1.82, 2.24) is 0 Å². The highest BCUT2D eigenvalue weighted by molar-refractivity contribution is 5.71. The third-order valence-electron chi connectivity index (χ3n) is 9.17. The summed E-state index contributed by atoms with van der Waals surface area (Å²) in [7, 11) is 0. The van der Waals surface area contributed by atoms with Crippen molar-refractivity contribution in [1.29, 1.82) is 0 Å². The molecule has 1 unspecified atom stereocenters. The van der Waals surface area contributed by atoms with E-state index in [-0.39, 0.29) is 38.0 Å². The maximum Gasteiger partial charge on any atom is 0.310 e.